The fourth-order valence-corrected chi connectivity index (χ4v) is 2.50. The van der Waals surface area contributed by atoms with Crippen LogP contribution in [0.3, 0.4) is 0 Å². The van der Waals surface area contributed by atoms with Crippen molar-refractivity contribution in [3.05, 3.63) is 41.7 Å². The molecule has 2 aromatic heterocycles. The minimum Gasteiger partial charge on any atom is -0.406 e. The number of benzene rings is 1. The van der Waals surface area contributed by atoms with Gasteiger partial charge in [0.25, 0.3) is 0 Å². The summed E-state index contributed by atoms with van der Waals surface area (Å²) in [7, 11) is 0. The van der Waals surface area contributed by atoms with E-state index in [1.807, 2.05) is 0 Å². The molecule has 0 aliphatic heterocycles. The quantitative estimate of drug-likeness (QED) is 0.544. The second kappa shape index (κ2) is 7.46. The number of halogens is 7. The molecule has 1 aromatic carbocycles. The van der Waals surface area contributed by atoms with Crippen LogP contribution in [0.2, 0.25) is 0 Å². The van der Waals surface area contributed by atoms with Crippen molar-refractivity contribution in [2.24, 2.45) is 0 Å². The number of ether oxygens (including phenoxy) is 2. The predicted molar refractivity (Wildman–Crippen MR) is 83.3 cm³/mol. The maximum absolute atomic E-state index is 13.7. The van der Waals surface area contributed by atoms with Gasteiger partial charge in [-0.1, -0.05) is 0 Å². The maximum Gasteiger partial charge on any atom is 0.573 e. The zero-order chi connectivity index (χ0) is 21.4. The molecule has 29 heavy (non-hydrogen) atoms. The lowest BCUT2D eigenvalue weighted by molar-refractivity contribution is -0.274. The zero-order valence-corrected chi connectivity index (χ0v) is 14.4. The molecule has 0 radical (unpaired) electrons. The summed E-state index contributed by atoms with van der Waals surface area (Å²) in [5, 5.41) is 10.9. The minimum absolute atomic E-state index is 0.00535. The highest BCUT2D eigenvalue weighted by molar-refractivity contribution is 5.65. The molecule has 156 valence electrons. The van der Waals surface area contributed by atoms with E-state index in [0.717, 1.165) is 22.7 Å². The first-order valence-corrected chi connectivity index (χ1v) is 7.83. The molecule has 0 aliphatic rings. The van der Waals surface area contributed by atoms with Gasteiger partial charge in [-0.3, -0.25) is 0 Å². The Bertz CT molecular complexity index is 1010. The number of alkyl halides is 7. The molecule has 0 amide bonds. The summed E-state index contributed by atoms with van der Waals surface area (Å²) in [4.78, 5) is 0. The maximum atomic E-state index is 13.7. The lowest BCUT2D eigenvalue weighted by atomic mass is 10.0. The lowest BCUT2D eigenvalue weighted by Crippen LogP contribution is -2.17. The van der Waals surface area contributed by atoms with Crippen molar-refractivity contribution in [2.45, 2.75) is 32.4 Å². The number of hydrogen-bond acceptors (Lipinski definition) is 5. The van der Waals surface area contributed by atoms with E-state index in [2.05, 4.69) is 24.8 Å². The van der Waals surface area contributed by atoms with Gasteiger partial charge in [0.2, 0.25) is 5.82 Å². The fourth-order valence-electron chi connectivity index (χ4n) is 2.50. The van der Waals surface area contributed by atoms with E-state index in [9.17, 15) is 30.7 Å². The van der Waals surface area contributed by atoms with Crippen molar-refractivity contribution < 1.29 is 40.2 Å². The summed E-state index contributed by atoms with van der Waals surface area (Å²) < 4.78 is 98.2. The van der Waals surface area contributed by atoms with Gasteiger partial charge in [-0.05, 0) is 35.9 Å². The summed E-state index contributed by atoms with van der Waals surface area (Å²) in [5.74, 6) is -4.81. The normalized spacial score (nSPS) is 12.7. The first kappa shape index (κ1) is 20.8. The van der Waals surface area contributed by atoms with Gasteiger partial charge >= 0.3 is 18.9 Å². The number of nitrogens with zero attached hydrogens (tertiary/aromatic N) is 4. The Hall–Kier alpha value is -2.96. The molecule has 2 heterocycles. The van der Waals surface area contributed by atoms with Gasteiger partial charge in [0, 0.05) is 12.5 Å². The van der Waals surface area contributed by atoms with Crippen molar-refractivity contribution in [1.29, 1.82) is 0 Å². The fraction of sp³-hybridized carbons (Fsp3) is 0.312. The van der Waals surface area contributed by atoms with Crippen molar-refractivity contribution in [2.75, 3.05) is 0 Å². The van der Waals surface area contributed by atoms with Gasteiger partial charge in [0.15, 0.2) is 5.65 Å². The topological polar surface area (TPSA) is 61.5 Å². The van der Waals surface area contributed by atoms with E-state index in [-0.39, 0.29) is 22.5 Å². The number of aromatic nitrogens is 4. The first-order chi connectivity index (χ1) is 13.4. The summed E-state index contributed by atoms with van der Waals surface area (Å²) in [6, 6.07) is 5.52. The standard InChI is InChI=1S/C16H11F7N4O2/c1-15(19,20)13-25-24-12-5-4-11(26-27(12)13)10-3-2-9(29-16(21,22)23)6-8(10)7-28-14(17)18/h2-6,14H,7H2,1H3. The summed E-state index contributed by atoms with van der Waals surface area (Å²) in [6.45, 7) is -3.38. The van der Waals surface area contributed by atoms with Crippen molar-refractivity contribution in [3.8, 4) is 17.0 Å². The molecular formula is C16H11F7N4O2. The Morgan fingerprint density at radius 2 is 1.76 bits per heavy atom. The second-order valence-electron chi connectivity index (χ2n) is 5.84. The Kier molecular flexibility index (Phi) is 5.34. The zero-order valence-electron chi connectivity index (χ0n) is 14.4. The van der Waals surface area contributed by atoms with Crippen LogP contribution in [0.4, 0.5) is 30.7 Å². The molecule has 0 bridgehead atoms. The predicted octanol–water partition coefficient (Wildman–Crippen LogP) is 4.54. The van der Waals surface area contributed by atoms with Crippen molar-refractivity contribution in [3.63, 3.8) is 0 Å². The summed E-state index contributed by atoms with van der Waals surface area (Å²) in [6.07, 6.45) is -5.00. The smallest absolute Gasteiger partial charge is 0.406 e. The molecule has 0 spiro atoms. The first-order valence-electron chi connectivity index (χ1n) is 7.83. The molecule has 3 aromatic rings. The van der Waals surface area contributed by atoms with Crippen LogP contribution in [0, 0.1) is 0 Å². The van der Waals surface area contributed by atoms with Gasteiger partial charge in [-0.15, -0.1) is 23.4 Å². The minimum atomic E-state index is -5.00. The van der Waals surface area contributed by atoms with E-state index in [1.165, 1.54) is 12.1 Å². The highest BCUT2D eigenvalue weighted by Gasteiger charge is 2.32. The number of rotatable bonds is 6. The highest BCUT2D eigenvalue weighted by atomic mass is 19.4. The molecule has 0 aliphatic carbocycles. The van der Waals surface area contributed by atoms with Crippen molar-refractivity contribution >= 4 is 5.65 Å². The monoisotopic (exact) mass is 424 g/mol. The number of hydrogen-bond donors (Lipinski definition) is 0. The Labute approximate surface area is 157 Å². The summed E-state index contributed by atoms with van der Waals surface area (Å²) in [5.41, 5.74) is -0.0696. The van der Waals surface area contributed by atoms with Crippen LogP contribution in [0.15, 0.2) is 30.3 Å². The largest absolute Gasteiger partial charge is 0.573 e. The molecule has 0 N–H and O–H groups in total. The Morgan fingerprint density at radius 3 is 2.38 bits per heavy atom. The molecule has 0 saturated carbocycles. The molecule has 3 rings (SSSR count). The average molecular weight is 424 g/mol. The van der Waals surface area contributed by atoms with Gasteiger partial charge in [-0.25, -0.2) is 0 Å². The van der Waals surface area contributed by atoms with Crippen molar-refractivity contribution in [1.82, 2.24) is 19.8 Å². The molecule has 6 nitrogen and oxygen atoms in total. The molecule has 0 atom stereocenters. The molecule has 0 unspecified atom stereocenters. The Balaban J connectivity index is 2.08. The van der Waals surface area contributed by atoms with Crippen LogP contribution in [0.25, 0.3) is 16.9 Å². The SMILES string of the molecule is CC(F)(F)c1nnc2ccc(-c3ccc(OC(F)(F)F)cc3COC(F)F)nn12. The second-order valence-corrected chi connectivity index (χ2v) is 5.84. The van der Waals surface area contributed by atoms with Gasteiger partial charge in [0.05, 0.1) is 12.3 Å². The van der Waals surface area contributed by atoms with Crippen LogP contribution in [0.5, 0.6) is 5.75 Å². The van der Waals surface area contributed by atoms with E-state index in [0.29, 0.717) is 6.92 Å². The molecular weight excluding hydrogens is 413 g/mol. The molecule has 13 heteroatoms. The average Bonchev–Trinajstić information content (AvgIpc) is 3.02. The van der Waals surface area contributed by atoms with Crippen LogP contribution in [-0.2, 0) is 17.3 Å². The van der Waals surface area contributed by atoms with E-state index >= 15 is 0 Å². The third kappa shape index (κ3) is 4.91. The van der Waals surface area contributed by atoms with Gasteiger partial charge in [0.1, 0.15) is 5.75 Å². The third-order valence-electron chi connectivity index (χ3n) is 3.61. The van der Waals surface area contributed by atoms with E-state index < -0.39 is 37.1 Å². The van der Waals surface area contributed by atoms with Gasteiger partial charge in [-0.2, -0.15) is 27.2 Å². The van der Waals surface area contributed by atoms with Crippen LogP contribution in [-0.4, -0.2) is 32.8 Å². The molecule has 0 saturated heterocycles. The number of fused-ring (bicyclic) bond motifs is 1. The lowest BCUT2D eigenvalue weighted by Gasteiger charge is -2.14. The van der Waals surface area contributed by atoms with Crippen LogP contribution >= 0.6 is 0 Å². The summed E-state index contributed by atoms with van der Waals surface area (Å²) >= 11 is 0. The Morgan fingerprint density at radius 1 is 1.03 bits per heavy atom. The highest BCUT2D eigenvalue weighted by Crippen LogP contribution is 2.31. The third-order valence-corrected chi connectivity index (χ3v) is 3.61. The van der Waals surface area contributed by atoms with Crippen LogP contribution in [0.1, 0.15) is 18.3 Å². The van der Waals surface area contributed by atoms with E-state index in [4.69, 9.17) is 0 Å². The van der Waals surface area contributed by atoms with E-state index in [1.54, 1.807) is 0 Å². The van der Waals surface area contributed by atoms with Crippen LogP contribution < -0.4 is 4.74 Å². The molecule has 0 fully saturated rings. The van der Waals surface area contributed by atoms with Gasteiger partial charge < -0.3 is 9.47 Å².